The van der Waals surface area contributed by atoms with Gasteiger partial charge in [-0.25, -0.2) is 4.98 Å². The first-order valence-corrected chi connectivity index (χ1v) is 12.6. The largest absolute Gasteiger partial charge is 0.490 e. The van der Waals surface area contributed by atoms with Gasteiger partial charge in [0.25, 0.3) is 5.91 Å². The predicted molar refractivity (Wildman–Crippen MR) is 120 cm³/mol. The third-order valence-corrected chi connectivity index (χ3v) is 8.21. The molecule has 1 N–H and O–H groups in total. The van der Waals surface area contributed by atoms with Crippen molar-refractivity contribution in [2.75, 3.05) is 32.9 Å². The Balaban J connectivity index is 1.14. The van der Waals surface area contributed by atoms with E-state index >= 15 is 0 Å². The molecule has 0 bridgehead atoms. The highest BCUT2D eigenvalue weighted by atomic mass is 19.4. The van der Waals surface area contributed by atoms with Gasteiger partial charge < -0.3 is 19.7 Å². The number of hydrogen-bond acceptors (Lipinski definition) is 5. The highest BCUT2D eigenvalue weighted by molar-refractivity contribution is 5.95. The van der Waals surface area contributed by atoms with E-state index < -0.39 is 12.1 Å². The van der Waals surface area contributed by atoms with Crippen LogP contribution in [0, 0.1) is 23.2 Å². The fourth-order valence-corrected chi connectivity index (χ4v) is 5.91. The first-order valence-electron chi connectivity index (χ1n) is 12.6. The molecule has 0 spiro atoms. The summed E-state index contributed by atoms with van der Waals surface area (Å²) < 4.78 is 50.3. The van der Waals surface area contributed by atoms with Crippen molar-refractivity contribution in [2.24, 2.45) is 23.2 Å². The lowest BCUT2D eigenvalue weighted by atomic mass is 9.81. The summed E-state index contributed by atoms with van der Waals surface area (Å²) in [6, 6.07) is 3.51. The van der Waals surface area contributed by atoms with Crippen LogP contribution in [0.25, 0.3) is 0 Å². The minimum Gasteiger partial charge on any atom is -0.490 e. The second-order valence-electron chi connectivity index (χ2n) is 10.6. The quantitative estimate of drug-likeness (QED) is 0.653. The Morgan fingerprint density at radius 3 is 2.63 bits per heavy atom. The number of nitrogens with zero attached hydrogens (tertiary/aromatic N) is 2. The molecule has 2 aliphatic carbocycles. The molecule has 7 nitrogen and oxygen atoms in total. The number of amides is 2. The average Bonchev–Trinajstić information content (AvgIpc) is 3.41. The van der Waals surface area contributed by atoms with E-state index in [1.165, 1.54) is 0 Å². The highest BCUT2D eigenvalue weighted by Crippen LogP contribution is 2.58. The number of alkyl halides is 3. The van der Waals surface area contributed by atoms with Crippen LogP contribution in [-0.2, 0) is 9.53 Å². The van der Waals surface area contributed by atoms with Crippen molar-refractivity contribution in [3.05, 3.63) is 24.0 Å². The summed E-state index contributed by atoms with van der Waals surface area (Å²) in [4.78, 5) is 31.9. The van der Waals surface area contributed by atoms with Crippen molar-refractivity contribution in [1.82, 2.24) is 15.2 Å². The van der Waals surface area contributed by atoms with Crippen molar-refractivity contribution in [3.8, 4) is 5.75 Å². The minimum absolute atomic E-state index is 0.0184. The highest BCUT2D eigenvalue weighted by Gasteiger charge is 2.61. The summed E-state index contributed by atoms with van der Waals surface area (Å²) in [7, 11) is 0. The summed E-state index contributed by atoms with van der Waals surface area (Å²) in [5.74, 6) is -1.13. The molecule has 3 heterocycles. The molecule has 1 aromatic rings. The molecule has 192 valence electrons. The van der Waals surface area contributed by atoms with Gasteiger partial charge in [0.2, 0.25) is 5.91 Å². The number of aromatic nitrogens is 1. The normalized spacial score (nSPS) is 31.1. The summed E-state index contributed by atoms with van der Waals surface area (Å²) >= 11 is 0. The first-order chi connectivity index (χ1) is 16.7. The van der Waals surface area contributed by atoms with Crippen LogP contribution in [0.3, 0.4) is 0 Å². The Bertz CT molecular complexity index is 944. The van der Waals surface area contributed by atoms with E-state index in [0.717, 1.165) is 19.3 Å². The number of piperidine rings is 1. The second-order valence-corrected chi connectivity index (χ2v) is 10.6. The standard InChI is InChI=1S/C25H32F3N3O4/c26-25(27,28)17-5-3-16(4-6-17)23(33)31-13-18-12-24(18,14-31)15-35-20-2-1-9-29-21(20)22(32)30-19-7-10-34-11-8-19/h1-2,9,16-19H,3-8,10-15H2,(H,30,32)/t16-,17-,18?,24?. The van der Waals surface area contributed by atoms with Crippen LogP contribution >= 0.6 is 0 Å². The summed E-state index contributed by atoms with van der Waals surface area (Å²) in [6.45, 7) is 2.81. The summed E-state index contributed by atoms with van der Waals surface area (Å²) in [5.41, 5.74) is 0.100. The smallest absolute Gasteiger partial charge is 0.391 e. The van der Waals surface area contributed by atoms with Gasteiger partial charge in [-0.1, -0.05) is 0 Å². The molecule has 35 heavy (non-hydrogen) atoms. The van der Waals surface area contributed by atoms with Crippen LogP contribution in [0.2, 0.25) is 0 Å². The zero-order valence-corrected chi connectivity index (χ0v) is 19.7. The Labute approximate surface area is 202 Å². The maximum absolute atomic E-state index is 13.0. The number of rotatable bonds is 6. The van der Waals surface area contributed by atoms with Crippen molar-refractivity contribution in [3.63, 3.8) is 0 Å². The maximum Gasteiger partial charge on any atom is 0.391 e. The average molecular weight is 496 g/mol. The van der Waals surface area contributed by atoms with Crippen LogP contribution in [-0.4, -0.2) is 66.8 Å². The molecule has 4 aliphatic rings. The van der Waals surface area contributed by atoms with Crippen molar-refractivity contribution < 1.29 is 32.2 Å². The van der Waals surface area contributed by atoms with Gasteiger partial charge in [0, 0.05) is 49.9 Å². The molecule has 2 unspecified atom stereocenters. The lowest BCUT2D eigenvalue weighted by Gasteiger charge is -2.32. The molecule has 4 fully saturated rings. The van der Waals surface area contributed by atoms with Gasteiger partial charge in [-0.3, -0.25) is 9.59 Å². The van der Waals surface area contributed by atoms with Crippen molar-refractivity contribution in [2.45, 2.75) is 57.2 Å². The monoisotopic (exact) mass is 495 g/mol. The zero-order chi connectivity index (χ0) is 24.6. The molecule has 2 amide bonds. The van der Waals surface area contributed by atoms with E-state index in [1.54, 1.807) is 18.3 Å². The van der Waals surface area contributed by atoms with Crippen LogP contribution in [0.5, 0.6) is 5.75 Å². The number of fused-ring (bicyclic) bond motifs is 1. The third kappa shape index (κ3) is 5.27. The van der Waals surface area contributed by atoms with Gasteiger partial charge in [0.05, 0.1) is 12.5 Å². The number of likely N-dealkylation sites (tertiary alicyclic amines) is 1. The molecule has 2 saturated heterocycles. The lowest BCUT2D eigenvalue weighted by Crippen LogP contribution is -2.40. The fraction of sp³-hybridized carbons (Fsp3) is 0.720. The molecule has 2 atom stereocenters. The molecular weight excluding hydrogens is 463 g/mol. The molecule has 5 rings (SSSR count). The zero-order valence-electron chi connectivity index (χ0n) is 19.7. The molecule has 2 saturated carbocycles. The van der Waals surface area contributed by atoms with Gasteiger partial charge in [-0.2, -0.15) is 13.2 Å². The number of nitrogens with one attached hydrogen (secondary N) is 1. The van der Waals surface area contributed by atoms with E-state index in [1.807, 2.05) is 4.90 Å². The van der Waals surface area contributed by atoms with E-state index in [-0.39, 0.29) is 47.7 Å². The third-order valence-electron chi connectivity index (χ3n) is 8.21. The number of ether oxygens (including phenoxy) is 2. The Morgan fingerprint density at radius 1 is 1.17 bits per heavy atom. The molecule has 2 aliphatic heterocycles. The van der Waals surface area contributed by atoms with Crippen LogP contribution in [0.1, 0.15) is 55.4 Å². The van der Waals surface area contributed by atoms with Crippen LogP contribution in [0.15, 0.2) is 18.3 Å². The molecule has 10 heteroatoms. The maximum atomic E-state index is 13.0. The van der Waals surface area contributed by atoms with E-state index in [9.17, 15) is 22.8 Å². The minimum atomic E-state index is -4.17. The number of carbonyl (C=O) groups is 2. The van der Waals surface area contributed by atoms with Gasteiger partial charge >= 0.3 is 6.18 Å². The van der Waals surface area contributed by atoms with Gasteiger partial charge in [-0.15, -0.1) is 0 Å². The lowest BCUT2D eigenvalue weighted by molar-refractivity contribution is -0.185. The van der Waals surface area contributed by atoms with Gasteiger partial charge in [-0.05, 0) is 63.0 Å². The van der Waals surface area contributed by atoms with E-state index in [2.05, 4.69) is 10.3 Å². The Morgan fingerprint density at radius 2 is 1.91 bits per heavy atom. The van der Waals surface area contributed by atoms with Crippen molar-refractivity contribution >= 4 is 11.8 Å². The summed E-state index contributed by atoms with van der Waals surface area (Å²) in [6.07, 6.45) is 0.537. The number of hydrogen-bond donors (Lipinski definition) is 1. The summed E-state index contributed by atoms with van der Waals surface area (Å²) in [5, 5.41) is 3.01. The topological polar surface area (TPSA) is 80.8 Å². The number of pyridine rings is 1. The van der Waals surface area contributed by atoms with Crippen LogP contribution in [0.4, 0.5) is 13.2 Å². The van der Waals surface area contributed by atoms with E-state index in [4.69, 9.17) is 9.47 Å². The SMILES string of the molecule is O=C(NC1CCOCC1)c1ncccc1OCC12CC1CN(C(=O)[C@H]1CC[C@H](C(F)(F)F)CC1)C2. The molecule has 0 aromatic carbocycles. The first kappa shape index (κ1) is 24.3. The fourth-order valence-electron chi connectivity index (χ4n) is 5.91. The van der Waals surface area contributed by atoms with Gasteiger partial charge in [0.15, 0.2) is 11.4 Å². The second kappa shape index (κ2) is 9.59. The Hall–Kier alpha value is -2.36. The van der Waals surface area contributed by atoms with Crippen molar-refractivity contribution in [1.29, 1.82) is 0 Å². The molecular formula is C25H32F3N3O4. The van der Waals surface area contributed by atoms with Crippen LogP contribution < -0.4 is 10.1 Å². The van der Waals surface area contributed by atoms with Gasteiger partial charge in [0.1, 0.15) is 0 Å². The molecule has 1 aromatic heterocycles. The Kier molecular flexibility index (Phi) is 6.67. The number of halogens is 3. The van der Waals surface area contributed by atoms with E-state index in [0.29, 0.717) is 57.4 Å². The predicted octanol–water partition coefficient (Wildman–Crippen LogP) is 3.59. The number of carbonyl (C=O) groups excluding carboxylic acids is 2. The molecule has 0 radical (unpaired) electrons.